The summed E-state index contributed by atoms with van der Waals surface area (Å²) in [7, 11) is -7.50. The molecule has 1 N–H and O–H groups in total. The fourth-order valence-corrected chi connectivity index (χ4v) is 8.59. The average Bonchev–Trinajstić information content (AvgIpc) is 3.29. The molecule has 0 unspecified atom stereocenters. The maximum Gasteiger partial charge on any atom is 0.275 e. The first kappa shape index (κ1) is 25.8. The molecule has 0 aliphatic carbocycles. The number of hydrogen-bond donors (Lipinski definition) is 1. The number of hydrogen-bond acceptors (Lipinski definition) is 7. The van der Waals surface area contributed by atoms with Gasteiger partial charge in [0.1, 0.15) is 5.69 Å². The number of sulfonamides is 1. The Labute approximate surface area is 213 Å². The maximum absolute atomic E-state index is 12.9. The number of rotatable bonds is 7. The number of anilines is 1. The second kappa shape index (κ2) is 10.4. The molecule has 0 saturated carbocycles. The number of piperidine rings is 1. The highest BCUT2D eigenvalue weighted by atomic mass is 35.5. The lowest BCUT2D eigenvalue weighted by molar-refractivity contribution is 0.102. The zero-order valence-corrected chi connectivity index (χ0v) is 22.1. The normalized spacial score (nSPS) is 15.7. The van der Waals surface area contributed by atoms with Crippen LogP contribution in [-0.2, 0) is 19.9 Å². The predicted molar refractivity (Wildman–Crippen MR) is 139 cm³/mol. The molecule has 1 amide bonds. The summed E-state index contributed by atoms with van der Waals surface area (Å²) in [6, 6.07) is 14.8. The van der Waals surface area contributed by atoms with Gasteiger partial charge in [-0.15, -0.1) is 11.3 Å². The van der Waals surface area contributed by atoms with Gasteiger partial charge in [0.25, 0.3) is 5.91 Å². The second-order valence-corrected chi connectivity index (χ2v) is 14.2. The number of carbonyl (C=O) groups is 1. The Morgan fingerprint density at radius 1 is 1.09 bits per heavy atom. The lowest BCUT2D eigenvalue weighted by atomic mass is 9.99. The number of nitrogens with zero attached hydrogens (tertiary/aromatic N) is 2. The molecule has 2 aromatic carbocycles. The van der Waals surface area contributed by atoms with Gasteiger partial charge in [0.05, 0.1) is 5.01 Å². The van der Waals surface area contributed by atoms with Crippen LogP contribution in [-0.4, -0.2) is 56.5 Å². The summed E-state index contributed by atoms with van der Waals surface area (Å²) in [4.78, 5) is 17.4. The molecular formula is C23H24ClN3O5S3. The minimum absolute atomic E-state index is 0.00703. The van der Waals surface area contributed by atoms with Gasteiger partial charge in [-0.25, -0.2) is 26.1 Å². The Hall–Kier alpha value is -2.31. The summed E-state index contributed by atoms with van der Waals surface area (Å²) in [6.45, 7) is 0.441. The molecule has 1 fully saturated rings. The van der Waals surface area contributed by atoms with E-state index in [1.807, 2.05) is 36.4 Å². The molecule has 1 aromatic heterocycles. The third kappa shape index (κ3) is 6.47. The van der Waals surface area contributed by atoms with Crippen molar-refractivity contribution >= 4 is 54.4 Å². The number of benzene rings is 2. The van der Waals surface area contributed by atoms with E-state index in [4.69, 9.17) is 11.6 Å². The third-order valence-electron chi connectivity index (χ3n) is 5.64. The number of halogens is 1. The molecule has 1 aliphatic rings. The first-order valence-electron chi connectivity index (χ1n) is 10.8. The van der Waals surface area contributed by atoms with E-state index in [1.165, 1.54) is 15.6 Å². The van der Waals surface area contributed by atoms with Crippen LogP contribution in [0.5, 0.6) is 0 Å². The van der Waals surface area contributed by atoms with Crippen LogP contribution in [0.25, 0.3) is 11.1 Å². The van der Waals surface area contributed by atoms with E-state index in [2.05, 4.69) is 10.3 Å². The number of nitrogens with one attached hydrogen (secondary N) is 1. The van der Waals surface area contributed by atoms with Crippen molar-refractivity contribution in [2.24, 2.45) is 0 Å². The SMILES string of the molecule is CS(=O)(=O)CS(=O)(=O)N1CCC(c2nc(C(=O)Nc3ccccc3-c3ccc(Cl)cc3)cs2)CC1. The van der Waals surface area contributed by atoms with E-state index < -0.39 is 24.9 Å². The Morgan fingerprint density at radius 2 is 1.74 bits per heavy atom. The topological polar surface area (TPSA) is 114 Å². The van der Waals surface area contributed by atoms with Gasteiger partial charge in [0.15, 0.2) is 14.9 Å². The maximum atomic E-state index is 12.9. The van der Waals surface area contributed by atoms with Gasteiger partial charge < -0.3 is 5.32 Å². The zero-order chi connectivity index (χ0) is 25.2. The van der Waals surface area contributed by atoms with Gasteiger partial charge in [0.2, 0.25) is 10.0 Å². The molecule has 2 heterocycles. The molecule has 1 aliphatic heterocycles. The van der Waals surface area contributed by atoms with Crippen molar-refractivity contribution in [3.05, 3.63) is 69.6 Å². The average molecular weight is 554 g/mol. The Bertz CT molecular complexity index is 1430. The van der Waals surface area contributed by atoms with Crippen molar-refractivity contribution in [1.82, 2.24) is 9.29 Å². The van der Waals surface area contributed by atoms with Gasteiger partial charge in [0, 0.05) is 46.9 Å². The first-order valence-corrected chi connectivity index (χ1v) is 15.7. The summed E-state index contributed by atoms with van der Waals surface area (Å²) in [5.74, 6) is -0.324. The van der Waals surface area contributed by atoms with Crippen molar-refractivity contribution in [3.63, 3.8) is 0 Å². The first-order chi connectivity index (χ1) is 16.5. The second-order valence-electron chi connectivity index (χ2n) is 8.41. The number of carbonyl (C=O) groups excluding carboxylic acids is 1. The van der Waals surface area contributed by atoms with Gasteiger partial charge in [-0.2, -0.15) is 0 Å². The van der Waals surface area contributed by atoms with Crippen LogP contribution in [0.2, 0.25) is 5.02 Å². The number of amides is 1. The number of thiazole rings is 1. The number of sulfone groups is 1. The van der Waals surface area contributed by atoms with Gasteiger partial charge in [-0.3, -0.25) is 4.79 Å². The van der Waals surface area contributed by atoms with E-state index in [9.17, 15) is 21.6 Å². The molecule has 0 radical (unpaired) electrons. The highest BCUT2D eigenvalue weighted by molar-refractivity contribution is 8.06. The molecular weight excluding hydrogens is 530 g/mol. The highest BCUT2D eigenvalue weighted by Crippen LogP contribution is 2.33. The van der Waals surface area contributed by atoms with Crippen LogP contribution in [0.4, 0.5) is 5.69 Å². The summed E-state index contributed by atoms with van der Waals surface area (Å²) < 4.78 is 48.7. The zero-order valence-electron chi connectivity index (χ0n) is 18.8. The summed E-state index contributed by atoms with van der Waals surface area (Å²) in [6.07, 6.45) is 1.93. The highest BCUT2D eigenvalue weighted by Gasteiger charge is 2.32. The summed E-state index contributed by atoms with van der Waals surface area (Å²) >= 11 is 7.36. The number of aromatic nitrogens is 1. The largest absolute Gasteiger partial charge is 0.320 e. The van der Waals surface area contributed by atoms with E-state index >= 15 is 0 Å². The van der Waals surface area contributed by atoms with E-state index in [1.54, 1.807) is 17.5 Å². The lowest BCUT2D eigenvalue weighted by Gasteiger charge is -2.30. The minimum atomic E-state index is -3.86. The molecule has 12 heteroatoms. The van der Waals surface area contributed by atoms with Crippen LogP contribution in [0.3, 0.4) is 0 Å². The van der Waals surface area contributed by atoms with Crippen LogP contribution in [0.15, 0.2) is 53.9 Å². The Morgan fingerprint density at radius 3 is 2.40 bits per heavy atom. The van der Waals surface area contributed by atoms with Gasteiger partial charge >= 0.3 is 0 Å². The van der Waals surface area contributed by atoms with Gasteiger partial charge in [-0.05, 0) is 36.6 Å². The number of para-hydroxylation sites is 1. The standard InChI is InChI=1S/C23H24ClN3O5S3/c1-34(29,30)15-35(31,32)27-12-10-17(11-13-27)23-26-21(14-33-23)22(28)25-20-5-3-2-4-19(20)16-6-8-18(24)9-7-16/h2-9,14,17H,10-13,15H2,1H3,(H,25,28). The smallest absolute Gasteiger partial charge is 0.275 e. The van der Waals surface area contributed by atoms with Crippen molar-refractivity contribution in [1.29, 1.82) is 0 Å². The van der Waals surface area contributed by atoms with Crippen molar-refractivity contribution < 1.29 is 21.6 Å². The Kier molecular flexibility index (Phi) is 7.62. The molecule has 0 bridgehead atoms. The van der Waals surface area contributed by atoms with Crippen molar-refractivity contribution in [2.45, 2.75) is 18.8 Å². The Balaban J connectivity index is 1.42. The molecule has 0 atom stereocenters. The molecule has 3 aromatic rings. The summed E-state index contributed by atoms with van der Waals surface area (Å²) in [5, 5.41) is 5.14. The van der Waals surface area contributed by atoms with E-state index in [0.717, 1.165) is 22.4 Å². The molecule has 0 spiro atoms. The molecule has 35 heavy (non-hydrogen) atoms. The van der Waals surface area contributed by atoms with Crippen LogP contribution in [0, 0.1) is 0 Å². The predicted octanol–water partition coefficient (Wildman–Crippen LogP) is 4.23. The molecule has 186 valence electrons. The third-order valence-corrected chi connectivity index (χ3v) is 11.0. The molecule has 1 saturated heterocycles. The van der Waals surface area contributed by atoms with E-state index in [0.29, 0.717) is 29.2 Å². The molecule has 8 nitrogen and oxygen atoms in total. The molecule has 4 rings (SSSR count). The summed E-state index contributed by atoms with van der Waals surface area (Å²) in [5.41, 5.74) is 2.72. The van der Waals surface area contributed by atoms with Gasteiger partial charge in [-0.1, -0.05) is 41.9 Å². The van der Waals surface area contributed by atoms with Crippen LogP contribution in [0.1, 0.15) is 34.3 Å². The van der Waals surface area contributed by atoms with Crippen molar-refractivity contribution in [2.75, 3.05) is 29.7 Å². The van der Waals surface area contributed by atoms with E-state index in [-0.39, 0.29) is 24.9 Å². The minimum Gasteiger partial charge on any atom is -0.320 e. The van der Waals surface area contributed by atoms with Crippen LogP contribution >= 0.6 is 22.9 Å². The quantitative estimate of drug-likeness (QED) is 0.468. The fourth-order valence-electron chi connectivity index (χ4n) is 3.97. The van der Waals surface area contributed by atoms with Crippen LogP contribution < -0.4 is 5.32 Å². The fraction of sp³-hybridized carbons (Fsp3) is 0.304. The van der Waals surface area contributed by atoms with Crippen molar-refractivity contribution in [3.8, 4) is 11.1 Å². The monoisotopic (exact) mass is 553 g/mol. The lowest BCUT2D eigenvalue weighted by Crippen LogP contribution is -2.40.